The highest BCUT2D eigenvalue weighted by molar-refractivity contribution is 7.13. The molecule has 1 saturated carbocycles. The average Bonchev–Trinajstić information content (AvgIpc) is 3.67. The number of aromatic nitrogens is 4. The molecular weight excluding hydrogens is 499 g/mol. The molecule has 186 valence electrons. The maximum atomic E-state index is 13.8. The van der Waals surface area contributed by atoms with Gasteiger partial charge in [0.1, 0.15) is 18.4 Å². The number of nitrogens with zero attached hydrogens (tertiary/aromatic N) is 5. The van der Waals surface area contributed by atoms with Gasteiger partial charge < -0.3 is 5.32 Å². The largest absolute Gasteiger partial charge is 0.351 e. The van der Waals surface area contributed by atoms with Crippen molar-refractivity contribution in [2.45, 2.75) is 50.7 Å². The summed E-state index contributed by atoms with van der Waals surface area (Å²) < 4.78 is 13.8. The maximum absolute atomic E-state index is 13.8. The van der Waals surface area contributed by atoms with Crippen LogP contribution in [0.15, 0.2) is 59.3 Å². The SMILES string of the molecule is O=C(NC1CCCCC1)[C@H](c1cccs1)N(C(=O)Cn1nnc(-c2cccs2)n1)c1ccc(F)cc1. The predicted molar refractivity (Wildman–Crippen MR) is 137 cm³/mol. The molecule has 36 heavy (non-hydrogen) atoms. The van der Waals surface area contributed by atoms with Crippen molar-refractivity contribution in [3.05, 3.63) is 70.0 Å². The van der Waals surface area contributed by atoms with E-state index in [-0.39, 0.29) is 18.5 Å². The quantitative estimate of drug-likeness (QED) is 0.357. The molecule has 1 atom stereocenters. The van der Waals surface area contributed by atoms with Gasteiger partial charge in [0, 0.05) is 16.6 Å². The Morgan fingerprint density at radius 1 is 1.06 bits per heavy atom. The van der Waals surface area contributed by atoms with Crippen molar-refractivity contribution in [1.29, 1.82) is 0 Å². The molecular formula is C25H25FN6O2S2. The predicted octanol–water partition coefficient (Wildman–Crippen LogP) is 4.83. The lowest BCUT2D eigenvalue weighted by Crippen LogP contribution is -2.48. The first-order valence-electron chi connectivity index (χ1n) is 11.8. The Labute approximate surface area is 215 Å². The fraction of sp³-hybridized carbons (Fsp3) is 0.320. The number of benzene rings is 1. The highest BCUT2D eigenvalue weighted by atomic mass is 32.1. The Morgan fingerprint density at radius 3 is 2.50 bits per heavy atom. The summed E-state index contributed by atoms with van der Waals surface area (Å²) in [5.41, 5.74) is 0.414. The zero-order chi connectivity index (χ0) is 24.9. The Kier molecular flexibility index (Phi) is 7.47. The molecule has 0 unspecified atom stereocenters. The van der Waals surface area contributed by atoms with E-state index in [9.17, 15) is 14.0 Å². The first-order valence-corrected chi connectivity index (χ1v) is 13.6. The van der Waals surface area contributed by atoms with Crippen molar-refractivity contribution in [2.75, 3.05) is 4.90 Å². The van der Waals surface area contributed by atoms with Crippen LogP contribution in [0.4, 0.5) is 10.1 Å². The van der Waals surface area contributed by atoms with Gasteiger partial charge >= 0.3 is 0 Å². The molecule has 0 bridgehead atoms. The summed E-state index contributed by atoms with van der Waals surface area (Å²) in [4.78, 5) is 31.6. The lowest BCUT2D eigenvalue weighted by molar-refractivity contribution is -0.127. The molecule has 4 aromatic rings. The van der Waals surface area contributed by atoms with Crippen LogP contribution in [0, 0.1) is 5.82 Å². The molecule has 1 fully saturated rings. The number of amides is 2. The summed E-state index contributed by atoms with van der Waals surface area (Å²) in [6.45, 7) is -0.228. The van der Waals surface area contributed by atoms with Gasteiger partial charge in [-0.05, 0) is 65.2 Å². The van der Waals surface area contributed by atoms with Crippen LogP contribution in [0.5, 0.6) is 0 Å². The molecule has 1 aromatic carbocycles. The minimum Gasteiger partial charge on any atom is -0.351 e. The molecule has 0 spiro atoms. The molecule has 11 heteroatoms. The van der Waals surface area contributed by atoms with Crippen molar-refractivity contribution in [3.8, 4) is 10.7 Å². The van der Waals surface area contributed by atoms with Crippen molar-refractivity contribution in [1.82, 2.24) is 25.5 Å². The molecule has 5 rings (SSSR count). The first-order chi connectivity index (χ1) is 17.6. The van der Waals surface area contributed by atoms with Crippen molar-refractivity contribution in [2.24, 2.45) is 0 Å². The Bertz CT molecular complexity index is 1280. The molecule has 1 N–H and O–H groups in total. The third-order valence-corrected chi connectivity index (χ3v) is 7.91. The number of nitrogens with one attached hydrogen (secondary N) is 1. The smallest absolute Gasteiger partial charge is 0.251 e. The fourth-order valence-corrected chi connectivity index (χ4v) is 5.86. The Morgan fingerprint density at radius 2 is 1.81 bits per heavy atom. The van der Waals surface area contributed by atoms with Gasteiger partial charge in [-0.25, -0.2) is 4.39 Å². The van der Waals surface area contributed by atoms with E-state index < -0.39 is 17.8 Å². The van der Waals surface area contributed by atoms with E-state index in [4.69, 9.17) is 0 Å². The van der Waals surface area contributed by atoms with Crippen molar-refractivity contribution < 1.29 is 14.0 Å². The van der Waals surface area contributed by atoms with Crippen LogP contribution in [-0.4, -0.2) is 38.1 Å². The van der Waals surface area contributed by atoms with Gasteiger partial charge in [0.15, 0.2) is 0 Å². The van der Waals surface area contributed by atoms with Crippen LogP contribution in [0.1, 0.15) is 43.0 Å². The molecule has 0 aliphatic heterocycles. The van der Waals surface area contributed by atoms with E-state index in [2.05, 4.69) is 20.7 Å². The average molecular weight is 525 g/mol. The van der Waals surface area contributed by atoms with Crippen LogP contribution in [0.25, 0.3) is 10.7 Å². The van der Waals surface area contributed by atoms with E-state index in [1.165, 1.54) is 63.1 Å². The molecule has 1 aliphatic rings. The van der Waals surface area contributed by atoms with Crippen LogP contribution in [0.2, 0.25) is 0 Å². The van der Waals surface area contributed by atoms with Gasteiger partial charge in [-0.1, -0.05) is 31.4 Å². The minimum absolute atomic E-state index is 0.0734. The Hall–Kier alpha value is -3.44. The number of hydrogen-bond acceptors (Lipinski definition) is 7. The number of carbonyl (C=O) groups is 2. The number of anilines is 1. The number of carbonyl (C=O) groups excluding carboxylic acids is 2. The standard InChI is InChI=1S/C25H25FN6O2S2/c26-17-10-12-19(13-11-17)32(22(33)16-31-29-24(28-30-31)21-9-5-15-36-21)23(20-8-4-14-35-20)25(34)27-18-6-2-1-3-7-18/h4-5,8-15,18,23H,1-3,6-7,16H2,(H,27,34)/t23-/m0/s1. The second-order valence-electron chi connectivity index (χ2n) is 8.62. The zero-order valence-electron chi connectivity index (χ0n) is 19.4. The van der Waals surface area contributed by atoms with Gasteiger partial charge in [0.2, 0.25) is 11.7 Å². The highest BCUT2D eigenvalue weighted by Gasteiger charge is 2.35. The van der Waals surface area contributed by atoms with Crippen LogP contribution >= 0.6 is 22.7 Å². The second-order valence-corrected chi connectivity index (χ2v) is 10.5. The van der Waals surface area contributed by atoms with E-state index >= 15 is 0 Å². The molecule has 2 amide bonds. The molecule has 3 aromatic heterocycles. The molecule has 1 aliphatic carbocycles. The third-order valence-electron chi connectivity index (χ3n) is 6.12. The second kappa shape index (κ2) is 11.1. The molecule has 3 heterocycles. The molecule has 8 nitrogen and oxygen atoms in total. The fourth-order valence-electron chi connectivity index (χ4n) is 4.40. The van der Waals surface area contributed by atoms with Crippen LogP contribution in [-0.2, 0) is 16.1 Å². The number of halogens is 1. The molecule has 0 saturated heterocycles. The summed E-state index contributed by atoms with van der Waals surface area (Å²) in [5, 5.41) is 19.4. The van der Waals surface area contributed by atoms with Gasteiger partial charge in [0.25, 0.3) is 5.91 Å². The molecule has 0 radical (unpaired) electrons. The summed E-state index contributed by atoms with van der Waals surface area (Å²) >= 11 is 2.87. The third kappa shape index (κ3) is 5.52. The number of thiophene rings is 2. The maximum Gasteiger partial charge on any atom is 0.251 e. The van der Waals surface area contributed by atoms with E-state index in [1.54, 1.807) is 0 Å². The summed E-state index contributed by atoms with van der Waals surface area (Å²) in [7, 11) is 0. The summed E-state index contributed by atoms with van der Waals surface area (Å²) in [6, 6.07) is 12.2. The topological polar surface area (TPSA) is 93.0 Å². The van der Waals surface area contributed by atoms with Gasteiger partial charge in [0.05, 0.1) is 4.88 Å². The van der Waals surface area contributed by atoms with E-state index in [1.807, 2.05) is 35.0 Å². The van der Waals surface area contributed by atoms with E-state index in [0.29, 0.717) is 16.4 Å². The van der Waals surface area contributed by atoms with Gasteiger partial charge in [-0.15, -0.1) is 32.9 Å². The van der Waals surface area contributed by atoms with Crippen LogP contribution in [0.3, 0.4) is 0 Å². The number of hydrogen-bond donors (Lipinski definition) is 1. The van der Waals surface area contributed by atoms with Gasteiger partial charge in [-0.3, -0.25) is 14.5 Å². The van der Waals surface area contributed by atoms with Crippen molar-refractivity contribution >= 4 is 40.2 Å². The highest BCUT2D eigenvalue weighted by Crippen LogP contribution is 2.32. The van der Waals surface area contributed by atoms with Gasteiger partial charge in [-0.2, -0.15) is 4.80 Å². The zero-order valence-corrected chi connectivity index (χ0v) is 21.1. The lowest BCUT2D eigenvalue weighted by atomic mass is 9.95. The minimum atomic E-state index is -0.912. The number of rotatable bonds is 8. The summed E-state index contributed by atoms with van der Waals surface area (Å²) in [5.74, 6) is -0.665. The first kappa shape index (κ1) is 24.3. The van der Waals surface area contributed by atoms with E-state index in [0.717, 1.165) is 30.6 Å². The van der Waals surface area contributed by atoms with Crippen LogP contribution < -0.4 is 10.2 Å². The Balaban J connectivity index is 1.46. The number of tetrazole rings is 1. The summed E-state index contributed by atoms with van der Waals surface area (Å²) in [6.07, 6.45) is 5.14. The monoisotopic (exact) mass is 524 g/mol. The lowest BCUT2D eigenvalue weighted by Gasteiger charge is -2.32. The normalized spacial score (nSPS) is 14.9. The van der Waals surface area contributed by atoms with Crippen molar-refractivity contribution in [3.63, 3.8) is 0 Å².